The van der Waals surface area contributed by atoms with E-state index in [-0.39, 0.29) is 6.04 Å². The van der Waals surface area contributed by atoms with Gasteiger partial charge in [0.05, 0.1) is 17.3 Å². The zero-order valence-electron chi connectivity index (χ0n) is 11.1. The SMILES string of the molecule is Cc1nccc(CNC(C)c2ccc(C#N)cc2)n1. The Hall–Kier alpha value is -2.25. The van der Waals surface area contributed by atoms with Gasteiger partial charge >= 0.3 is 0 Å². The lowest BCUT2D eigenvalue weighted by molar-refractivity contribution is 0.566. The van der Waals surface area contributed by atoms with Gasteiger partial charge in [0.25, 0.3) is 0 Å². The molecule has 0 saturated carbocycles. The second-order valence-corrected chi connectivity index (χ2v) is 4.43. The van der Waals surface area contributed by atoms with Crippen LogP contribution in [-0.2, 0) is 6.54 Å². The van der Waals surface area contributed by atoms with E-state index in [0.29, 0.717) is 12.1 Å². The molecule has 0 spiro atoms. The Balaban J connectivity index is 1.97. The number of hydrogen-bond donors (Lipinski definition) is 1. The van der Waals surface area contributed by atoms with Crippen LogP contribution in [0, 0.1) is 18.3 Å². The molecule has 1 aromatic heterocycles. The Kier molecular flexibility index (Phi) is 4.22. The number of aryl methyl sites for hydroxylation is 1. The minimum absolute atomic E-state index is 0.211. The van der Waals surface area contributed by atoms with Crippen LogP contribution in [0.3, 0.4) is 0 Å². The van der Waals surface area contributed by atoms with Gasteiger partial charge in [-0.1, -0.05) is 12.1 Å². The van der Waals surface area contributed by atoms with Crippen LogP contribution >= 0.6 is 0 Å². The predicted molar refractivity (Wildman–Crippen MR) is 73.2 cm³/mol. The van der Waals surface area contributed by atoms with E-state index in [9.17, 15) is 0 Å². The summed E-state index contributed by atoms with van der Waals surface area (Å²) in [5, 5.41) is 12.2. The van der Waals surface area contributed by atoms with Crippen LogP contribution in [0.5, 0.6) is 0 Å². The van der Waals surface area contributed by atoms with Crippen LogP contribution < -0.4 is 5.32 Å². The molecule has 1 unspecified atom stereocenters. The maximum atomic E-state index is 8.77. The summed E-state index contributed by atoms with van der Waals surface area (Å²) >= 11 is 0. The average molecular weight is 252 g/mol. The summed E-state index contributed by atoms with van der Waals surface area (Å²) in [5.74, 6) is 0.783. The van der Waals surface area contributed by atoms with E-state index in [4.69, 9.17) is 5.26 Å². The molecule has 0 aliphatic heterocycles. The van der Waals surface area contributed by atoms with E-state index in [0.717, 1.165) is 17.1 Å². The van der Waals surface area contributed by atoms with Gasteiger partial charge in [-0.15, -0.1) is 0 Å². The Morgan fingerprint density at radius 3 is 2.63 bits per heavy atom. The maximum absolute atomic E-state index is 8.77. The quantitative estimate of drug-likeness (QED) is 0.908. The van der Waals surface area contributed by atoms with Gasteiger partial charge in [0, 0.05) is 18.8 Å². The average Bonchev–Trinajstić information content (AvgIpc) is 2.45. The van der Waals surface area contributed by atoms with E-state index in [1.54, 1.807) is 6.20 Å². The van der Waals surface area contributed by atoms with Crippen LogP contribution in [0.1, 0.15) is 35.6 Å². The van der Waals surface area contributed by atoms with E-state index in [1.165, 1.54) is 0 Å². The summed E-state index contributed by atoms with van der Waals surface area (Å²) in [6.07, 6.45) is 1.77. The van der Waals surface area contributed by atoms with Gasteiger partial charge in [0.1, 0.15) is 5.82 Å². The molecule has 0 aliphatic carbocycles. The summed E-state index contributed by atoms with van der Waals surface area (Å²) in [6.45, 7) is 4.67. The molecule has 0 radical (unpaired) electrons. The number of nitrogens with one attached hydrogen (secondary N) is 1. The molecule has 2 rings (SSSR count). The molecule has 1 atom stereocenters. The highest BCUT2D eigenvalue weighted by atomic mass is 14.9. The lowest BCUT2D eigenvalue weighted by Crippen LogP contribution is -2.19. The minimum atomic E-state index is 0.211. The second kappa shape index (κ2) is 6.07. The molecule has 96 valence electrons. The summed E-state index contributed by atoms with van der Waals surface area (Å²) < 4.78 is 0. The second-order valence-electron chi connectivity index (χ2n) is 4.43. The minimum Gasteiger partial charge on any atom is -0.305 e. The number of hydrogen-bond acceptors (Lipinski definition) is 4. The van der Waals surface area contributed by atoms with Crippen molar-refractivity contribution >= 4 is 0 Å². The van der Waals surface area contributed by atoms with Crippen molar-refractivity contribution in [1.29, 1.82) is 5.26 Å². The number of nitriles is 1. The van der Waals surface area contributed by atoms with E-state index < -0.39 is 0 Å². The molecule has 2 aromatic rings. The maximum Gasteiger partial charge on any atom is 0.125 e. The number of rotatable bonds is 4. The zero-order valence-corrected chi connectivity index (χ0v) is 11.1. The van der Waals surface area contributed by atoms with Crippen molar-refractivity contribution < 1.29 is 0 Å². The Morgan fingerprint density at radius 2 is 2.00 bits per heavy atom. The molecular formula is C15H16N4. The Bertz CT molecular complexity index is 584. The number of benzene rings is 1. The monoisotopic (exact) mass is 252 g/mol. The first-order valence-corrected chi connectivity index (χ1v) is 6.21. The molecule has 0 amide bonds. The van der Waals surface area contributed by atoms with E-state index in [2.05, 4.69) is 28.3 Å². The fourth-order valence-electron chi connectivity index (χ4n) is 1.83. The fourth-order valence-corrected chi connectivity index (χ4v) is 1.83. The van der Waals surface area contributed by atoms with Crippen molar-refractivity contribution in [3.8, 4) is 6.07 Å². The van der Waals surface area contributed by atoms with Crippen LogP contribution in [0.4, 0.5) is 0 Å². The molecule has 0 aliphatic rings. The van der Waals surface area contributed by atoms with Crippen molar-refractivity contribution in [2.75, 3.05) is 0 Å². The smallest absolute Gasteiger partial charge is 0.125 e. The highest BCUT2D eigenvalue weighted by Gasteiger charge is 2.05. The highest BCUT2D eigenvalue weighted by Crippen LogP contribution is 2.13. The number of aromatic nitrogens is 2. The van der Waals surface area contributed by atoms with Crippen LogP contribution in [0.2, 0.25) is 0 Å². The van der Waals surface area contributed by atoms with Gasteiger partial charge in [-0.25, -0.2) is 9.97 Å². The molecular weight excluding hydrogens is 236 g/mol. The Morgan fingerprint density at radius 1 is 1.26 bits per heavy atom. The van der Waals surface area contributed by atoms with Crippen molar-refractivity contribution in [2.24, 2.45) is 0 Å². The Labute approximate surface area is 113 Å². The summed E-state index contributed by atoms with van der Waals surface area (Å²) in [6, 6.07) is 11.9. The standard InChI is InChI=1S/C15H16N4/c1-11(14-5-3-13(9-16)4-6-14)18-10-15-7-8-17-12(2)19-15/h3-8,11,18H,10H2,1-2H3. The van der Waals surface area contributed by atoms with Crippen LogP contribution in [0.25, 0.3) is 0 Å². The summed E-state index contributed by atoms with van der Waals surface area (Å²) in [5.41, 5.74) is 2.82. The number of nitrogens with zero attached hydrogens (tertiary/aromatic N) is 3. The molecule has 4 heteroatoms. The molecule has 1 aromatic carbocycles. The third-order valence-electron chi connectivity index (χ3n) is 2.96. The first kappa shape index (κ1) is 13.2. The first-order chi connectivity index (χ1) is 9.19. The van der Waals surface area contributed by atoms with Crippen LogP contribution in [0.15, 0.2) is 36.5 Å². The van der Waals surface area contributed by atoms with Crippen molar-refractivity contribution in [2.45, 2.75) is 26.4 Å². The highest BCUT2D eigenvalue weighted by molar-refractivity contribution is 5.32. The molecule has 1 heterocycles. The third-order valence-corrected chi connectivity index (χ3v) is 2.96. The van der Waals surface area contributed by atoms with Gasteiger partial charge in [-0.3, -0.25) is 0 Å². The van der Waals surface area contributed by atoms with Gasteiger partial charge in [0.2, 0.25) is 0 Å². The van der Waals surface area contributed by atoms with Crippen molar-refractivity contribution in [3.05, 3.63) is 59.2 Å². The third kappa shape index (κ3) is 3.60. The lowest BCUT2D eigenvalue weighted by Gasteiger charge is -2.14. The fraction of sp³-hybridized carbons (Fsp3) is 0.267. The topological polar surface area (TPSA) is 61.6 Å². The van der Waals surface area contributed by atoms with Gasteiger partial charge in [-0.2, -0.15) is 5.26 Å². The van der Waals surface area contributed by atoms with Gasteiger partial charge in [-0.05, 0) is 37.6 Å². The summed E-state index contributed by atoms with van der Waals surface area (Å²) in [4.78, 5) is 8.42. The predicted octanol–water partition coefficient (Wildman–Crippen LogP) is 2.51. The van der Waals surface area contributed by atoms with Crippen molar-refractivity contribution in [1.82, 2.24) is 15.3 Å². The normalized spacial score (nSPS) is 11.8. The zero-order chi connectivity index (χ0) is 13.7. The van der Waals surface area contributed by atoms with Gasteiger partial charge < -0.3 is 5.32 Å². The molecule has 19 heavy (non-hydrogen) atoms. The first-order valence-electron chi connectivity index (χ1n) is 6.21. The molecule has 0 fully saturated rings. The molecule has 0 saturated heterocycles. The van der Waals surface area contributed by atoms with E-state index in [1.807, 2.05) is 37.3 Å². The van der Waals surface area contributed by atoms with E-state index >= 15 is 0 Å². The van der Waals surface area contributed by atoms with Crippen LogP contribution in [-0.4, -0.2) is 9.97 Å². The lowest BCUT2D eigenvalue weighted by atomic mass is 10.1. The largest absolute Gasteiger partial charge is 0.305 e. The molecule has 1 N–H and O–H groups in total. The molecule has 0 bridgehead atoms. The summed E-state index contributed by atoms with van der Waals surface area (Å²) in [7, 11) is 0. The van der Waals surface area contributed by atoms with Gasteiger partial charge in [0.15, 0.2) is 0 Å². The molecule has 4 nitrogen and oxygen atoms in total. The van der Waals surface area contributed by atoms with Crippen molar-refractivity contribution in [3.63, 3.8) is 0 Å².